The Bertz CT molecular complexity index is 643. The van der Waals surface area contributed by atoms with Crippen molar-refractivity contribution in [1.29, 1.82) is 0 Å². The van der Waals surface area contributed by atoms with Crippen LogP contribution in [0, 0.1) is 5.92 Å². The minimum atomic E-state index is -4.64. The number of sulfonamides is 1. The monoisotopic (exact) mass is 352 g/mol. The highest BCUT2D eigenvalue weighted by Gasteiger charge is 2.31. The lowest BCUT2D eigenvalue weighted by atomic mass is 10.1. The molecule has 9 heteroatoms. The lowest BCUT2D eigenvalue weighted by Crippen LogP contribution is -2.37. The van der Waals surface area contributed by atoms with Crippen molar-refractivity contribution in [2.45, 2.75) is 31.3 Å². The molecule has 0 aliphatic heterocycles. The number of hydrogen-bond acceptors (Lipinski definition) is 3. The van der Waals surface area contributed by atoms with Crippen LogP contribution in [0.4, 0.5) is 13.2 Å². The Labute approximate surface area is 133 Å². The van der Waals surface area contributed by atoms with Gasteiger partial charge in [0.05, 0.1) is 17.0 Å². The zero-order valence-corrected chi connectivity index (χ0v) is 13.6. The van der Waals surface area contributed by atoms with Crippen molar-refractivity contribution in [1.82, 2.24) is 10.0 Å². The summed E-state index contributed by atoms with van der Waals surface area (Å²) in [6.45, 7) is 3.82. The van der Waals surface area contributed by atoms with Crippen molar-refractivity contribution < 1.29 is 26.4 Å². The molecule has 130 valence electrons. The molecular formula is C14H19F3N2O3S. The molecule has 1 amide bonds. The van der Waals surface area contributed by atoms with E-state index in [-0.39, 0.29) is 0 Å². The van der Waals surface area contributed by atoms with Crippen molar-refractivity contribution >= 4 is 15.9 Å². The van der Waals surface area contributed by atoms with E-state index in [0.717, 1.165) is 24.6 Å². The second-order valence-electron chi connectivity index (χ2n) is 5.38. The molecule has 1 rings (SSSR count). The van der Waals surface area contributed by atoms with Gasteiger partial charge in [-0.05, 0) is 30.5 Å². The molecule has 0 aliphatic carbocycles. The van der Waals surface area contributed by atoms with Crippen LogP contribution in [0.25, 0.3) is 0 Å². The summed E-state index contributed by atoms with van der Waals surface area (Å²) in [5.41, 5.74) is -1.07. The van der Waals surface area contributed by atoms with Crippen LogP contribution in [0.3, 0.4) is 0 Å². The summed E-state index contributed by atoms with van der Waals surface area (Å²) in [4.78, 5) is 11.0. The summed E-state index contributed by atoms with van der Waals surface area (Å²) in [5, 5.41) is 2.53. The largest absolute Gasteiger partial charge is 0.416 e. The van der Waals surface area contributed by atoms with Crippen LogP contribution in [0.2, 0.25) is 0 Å². The van der Waals surface area contributed by atoms with Crippen molar-refractivity contribution in [3.8, 4) is 0 Å². The van der Waals surface area contributed by atoms with E-state index in [4.69, 9.17) is 0 Å². The van der Waals surface area contributed by atoms with Crippen LogP contribution in [0.1, 0.15) is 25.8 Å². The van der Waals surface area contributed by atoms with E-state index in [1.807, 2.05) is 18.6 Å². The van der Waals surface area contributed by atoms with E-state index < -0.39 is 39.1 Å². The second-order valence-corrected chi connectivity index (χ2v) is 7.15. The van der Waals surface area contributed by atoms with E-state index in [1.165, 1.54) is 0 Å². The van der Waals surface area contributed by atoms with Crippen molar-refractivity contribution in [3.05, 3.63) is 29.8 Å². The number of carbonyl (C=O) groups excluding carboxylic acids is 1. The molecule has 0 atom stereocenters. The van der Waals surface area contributed by atoms with Gasteiger partial charge in [0.25, 0.3) is 0 Å². The maximum Gasteiger partial charge on any atom is 0.416 e. The van der Waals surface area contributed by atoms with Crippen LogP contribution in [-0.2, 0) is 21.0 Å². The smallest absolute Gasteiger partial charge is 0.355 e. The Kier molecular flexibility index (Phi) is 6.57. The number of carbonyl (C=O) groups is 1. The fraction of sp³-hybridized carbons (Fsp3) is 0.500. The highest BCUT2D eigenvalue weighted by molar-refractivity contribution is 7.89. The summed E-state index contributed by atoms with van der Waals surface area (Å²) in [6.07, 6.45) is -3.90. The first-order chi connectivity index (χ1) is 10.5. The van der Waals surface area contributed by atoms with Gasteiger partial charge < -0.3 is 5.32 Å². The highest BCUT2D eigenvalue weighted by Crippen LogP contribution is 2.30. The van der Waals surface area contributed by atoms with E-state index >= 15 is 0 Å². The number of rotatable bonds is 7. The number of amides is 1. The van der Waals surface area contributed by atoms with Crippen LogP contribution in [0.5, 0.6) is 0 Å². The molecule has 0 heterocycles. The Hall–Kier alpha value is -1.61. The SMILES string of the molecule is CC(C)CCNC(=O)CNS(=O)(=O)c1cccc(C(F)(F)F)c1. The average molecular weight is 352 g/mol. The minimum absolute atomic E-state index is 0.386. The number of nitrogens with one attached hydrogen (secondary N) is 2. The molecule has 0 unspecified atom stereocenters. The molecule has 0 saturated carbocycles. The van der Waals surface area contributed by atoms with Crippen LogP contribution in [0.15, 0.2) is 29.2 Å². The van der Waals surface area contributed by atoms with Gasteiger partial charge >= 0.3 is 6.18 Å². The van der Waals surface area contributed by atoms with Gasteiger partial charge in [0.2, 0.25) is 15.9 Å². The van der Waals surface area contributed by atoms with E-state index in [2.05, 4.69) is 5.32 Å². The third kappa shape index (κ3) is 6.57. The molecule has 0 saturated heterocycles. The lowest BCUT2D eigenvalue weighted by molar-refractivity contribution is -0.137. The van der Waals surface area contributed by atoms with Crippen molar-refractivity contribution in [2.24, 2.45) is 5.92 Å². The van der Waals surface area contributed by atoms with E-state index in [0.29, 0.717) is 18.5 Å². The number of benzene rings is 1. The fourth-order valence-corrected chi connectivity index (χ4v) is 2.67. The van der Waals surface area contributed by atoms with Gasteiger partial charge in [-0.15, -0.1) is 0 Å². The Balaban J connectivity index is 2.68. The third-order valence-corrected chi connectivity index (χ3v) is 4.34. The average Bonchev–Trinajstić information content (AvgIpc) is 2.44. The van der Waals surface area contributed by atoms with Gasteiger partial charge in [0.15, 0.2) is 0 Å². The summed E-state index contributed by atoms with van der Waals surface area (Å²) >= 11 is 0. The number of hydrogen-bond donors (Lipinski definition) is 2. The van der Waals surface area contributed by atoms with Gasteiger partial charge in [-0.1, -0.05) is 19.9 Å². The molecule has 0 fully saturated rings. The molecule has 1 aromatic carbocycles. The lowest BCUT2D eigenvalue weighted by Gasteiger charge is -2.11. The maximum absolute atomic E-state index is 12.6. The molecule has 0 radical (unpaired) electrons. The second kappa shape index (κ2) is 7.78. The molecule has 5 nitrogen and oxygen atoms in total. The van der Waals surface area contributed by atoms with Crippen molar-refractivity contribution in [3.63, 3.8) is 0 Å². The van der Waals surface area contributed by atoms with Gasteiger partial charge in [-0.2, -0.15) is 13.2 Å². The van der Waals surface area contributed by atoms with E-state index in [9.17, 15) is 26.4 Å². The van der Waals surface area contributed by atoms with Crippen LogP contribution in [-0.4, -0.2) is 27.4 Å². The molecule has 0 bridgehead atoms. The number of alkyl halides is 3. The Morgan fingerprint density at radius 3 is 2.48 bits per heavy atom. The quantitative estimate of drug-likeness (QED) is 0.789. The number of halogens is 3. The molecule has 0 aliphatic rings. The molecule has 23 heavy (non-hydrogen) atoms. The fourth-order valence-electron chi connectivity index (χ4n) is 1.65. The maximum atomic E-state index is 12.6. The zero-order valence-electron chi connectivity index (χ0n) is 12.8. The minimum Gasteiger partial charge on any atom is -0.355 e. The van der Waals surface area contributed by atoms with Gasteiger partial charge in [0.1, 0.15) is 0 Å². The zero-order chi connectivity index (χ0) is 17.7. The molecule has 0 spiro atoms. The Morgan fingerprint density at radius 1 is 1.26 bits per heavy atom. The first-order valence-corrected chi connectivity index (χ1v) is 8.44. The summed E-state index contributed by atoms with van der Waals surface area (Å²) in [7, 11) is -4.19. The molecule has 0 aromatic heterocycles. The third-order valence-electron chi connectivity index (χ3n) is 2.94. The van der Waals surface area contributed by atoms with Crippen LogP contribution < -0.4 is 10.0 Å². The van der Waals surface area contributed by atoms with Crippen molar-refractivity contribution in [2.75, 3.05) is 13.1 Å². The van der Waals surface area contributed by atoms with Gasteiger partial charge in [-0.3, -0.25) is 4.79 Å². The normalized spacial score (nSPS) is 12.4. The first kappa shape index (κ1) is 19.4. The molecular weight excluding hydrogens is 333 g/mol. The van der Waals surface area contributed by atoms with Gasteiger partial charge in [-0.25, -0.2) is 13.1 Å². The van der Waals surface area contributed by atoms with E-state index in [1.54, 1.807) is 0 Å². The predicted molar refractivity (Wildman–Crippen MR) is 79.1 cm³/mol. The first-order valence-electron chi connectivity index (χ1n) is 6.96. The highest BCUT2D eigenvalue weighted by atomic mass is 32.2. The predicted octanol–water partition coefficient (Wildman–Crippen LogP) is 2.15. The summed E-state index contributed by atoms with van der Waals surface area (Å²) < 4.78 is 63.6. The summed E-state index contributed by atoms with van der Waals surface area (Å²) in [5.74, 6) is -0.154. The van der Waals surface area contributed by atoms with Crippen LogP contribution >= 0.6 is 0 Å². The molecule has 1 aromatic rings. The Morgan fingerprint density at radius 2 is 1.91 bits per heavy atom. The topological polar surface area (TPSA) is 75.3 Å². The molecule has 2 N–H and O–H groups in total. The van der Waals surface area contributed by atoms with Gasteiger partial charge in [0, 0.05) is 6.54 Å². The summed E-state index contributed by atoms with van der Waals surface area (Å²) in [6, 6.07) is 3.34. The standard InChI is InChI=1S/C14H19F3N2O3S/c1-10(2)6-7-18-13(20)9-19-23(21,22)12-5-3-4-11(8-12)14(15,16)17/h3-5,8,10,19H,6-7,9H2,1-2H3,(H,18,20).